The predicted octanol–water partition coefficient (Wildman–Crippen LogP) is 3.47. The van der Waals surface area contributed by atoms with Crippen LogP contribution < -0.4 is 10.1 Å². The average molecular weight is 507 g/mol. The van der Waals surface area contributed by atoms with Gasteiger partial charge in [0.15, 0.2) is 15.7 Å². The number of rotatable bonds is 9. The number of aromatic nitrogens is 3. The number of carbonyl (C=O) groups excluding carboxylic acids is 1. The summed E-state index contributed by atoms with van der Waals surface area (Å²) in [6.45, 7) is 1.61. The summed E-state index contributed by atoms with van der Waals surface area (Å²) in [5, 5.41) is 11.3. The quantitative estimate of drug-likeness (QED) is 0.292. The molecule has 0 fully saturated rings. The van der Waals surface area contributed by atoms with Crippen LogP contribution in [0.15, 0.2) is 77.8 Å². The lowest BCUT2D eigenvalue weighted by molar-refractivity contribution is -0.131. The Bertz CT molecular complexity index is 1540. The molecule has 3 N–H and O–H groups in total. The van der Waals surface area contributed by atoms with E-state index in [2.05, 4.69) is 20.3 Å². The molecule has 0 aliphatic carbocycles. The van der Waals surface area contributed by atoms with E-state index in [-0.39, 0.29) is 17.2 Å². The van der Waals surface area contributed by atoms with Crippen molar-refractivity contribution in [3.63, 3.8) is 0 Å². The van der Waals surface area contributed by atoms with Crippen LogP contribution in [0.4, 0.5) is 0 Å². The zero-order valence-corrected chi connectivity index (χ0v) is 20.0. The Morgan fingerprint density at radius 1 is 1.11 bits per heavy atom. The van der Waals surface area contributed by atoms with Gasteiger partial charge in [-0.05, 0) is 42.5 Å². The summed E-state index contributed by atoms with van der Waals surface area (Å²) in [6, 6.07) is 15.0. The van der Waals surface area contributed by atoms with E-state index < -0.39 is 21.7 Å². The molecule has 0 aliphatic heterocycles. The molecule has 36 heavy (non-hydrogen) atoms. The van der Waals surface area contributed by atoms with Gasteiger partial charge in [0, 0.05) is 36.5 Å². The summed E-state index contributed by atoms with van der Waals surface area (Å²) in [6.07, 6.45) is 3.32. The van der Waals surface area contributed by atoms with Gasteiger partial charge in [-0.1, -0.05) is 13.0 Å². The molecule has 0 radical (unpaired) electrons. The standard InChI is InChI=1S/C25H22N4O6S/c1-2-36(33,34)18-8-6-17(7-9-18)35-22-14-21-20(28-25(29-21)19-5-3-4-12-26-19)13-16(22)15-27-23(30)10-11-24(31)32/h3-14H,2,15H2,1H3,(H,27,30)(H,28,29)(H,31,32)/b11-10-. The molecule has 0 atom stereocenters. The maximum absolute atomic E-state index is 12.1. The lowest BCUT2D eigenvalue weighted by Gasteiger charge is -2.12. The maximum atomic E-state index is 12.1. The fraction of sp³-hybridized carbons (Fsp3) is 0.120. The number of carboxylic acid groups (broad SMARTS) is 1. The van der Waals surface area contributed by atoms with E-state index in [0.717, 1.165) is 12.2 Å². The normalized spacial score (nSPS) is 11.6. The van der Waals surface area contributed by atoms with Crippen molar-refractivity contribution in [3.8, 4) is 23.0 Å². The van der Waals surface area contributed by atoms with Crippen molar-refractivity contribution in [3.05, 3.63) is 78.5 Å². The molecule has 2 heterocycles. The zero-order valence-electron chi connectivity index (χ0n) is 19.1. The number of aromatic amines is 1. The van der Waals surface area contributed by atoms with E-state index in [4.69, 9.17) is 9.84 Å². The number of fused-ring (bicyclic) bond motifs is 1. The highest BCUT2D eigenvalue weighted by atomic mass is 32.2. The molecule has 184 valence electrons. The van der Waals surface area contributed by atoms with Crippen LogP contribution in [-0.2, 0) is 26.0 Å². The van der Waals surface area contributed by atoms with Gasteiger partial charge in [0.1, 0.15) is 17.2 Å². The van der Waals surface area contributed by atoms with Crippen molar-refractivity contribution in [2.45, 2.75) is 18.4 Å². The van der Waals surface area contributed by atoms with Gasteiger partial charge in [-0.15, -0.1) is 0 Å². The molecule has 0 unspecified atom stereocenters. The number of H-pyrrole nitrogens is 1. The van der Waals surface area contributed by atoms with Crippen LogP contribution in [0.25, 0.3) is 22.6 Å². The molecule has 4 aromatic rings. The molecule has 4 rings (SSSR count). The van der Waals surface area contributed by atoms with Crippen LogP contribution in [0.5, 0.6) is 11.5 Å². The highest BCUT2D eigenvalue weighted by Crippen LogP contribution is 2.31. The van der Waals surface area contributed by atoms with Gasteiger partial charge in [-0.3, -0.25) is 9.78 Å². The number of pyridine rings is 1. The molecular weight excluding hydrogens is 484 g/mol. The highest BCUT2D eigenvalue weighted by molar-refractivity contribution is 7.91. The van der Waals surface area contributed by atoms with E-state index in [1.807, 2.05) is 12.1 Å². The van der Waals surface area contributed by atoms with Gasteiger partial charge in [0.2, 0.25) is 5.91 Å². The number of carbonyl (C=O) groups is 2. The number of hydrogen-bond donors (Lipinski definition) is 3. The summed E-state index contributed by atoms with van der Waals surface area (Å²) >= 11 is 0. The van der Waals surface area contributed by atoms with Gasteiger partial charge in [0.05, 0.1) is 21.7 Å². The molecule has 0 bridgehead atoms. The first-order valence-electron chi connectivity index (χ1n) is 10.9. The van der Waals surface area contributed by atoms with Gasteiger partial charge in [-0.2, -0.15) is 0 Å². The van der Waals surface area contributed by atoms with Gasteiger partial charge in [-0.25, -0.2) is 18.2 Å². The number of nitrogens with one attached hydrogen (secondary N) is 2. The first-order valence-corrected chi connectivity index (χ1v) is 12.5. The molecule has 10 nitrogen and oxygen atoms in total. The Labute approximate surface area is 206 Å². The Hall–Kier alpha value is -4.51. The third-order valence-electron chi connectivity index (χ3n) is 5.19. The number of imidazole rings is 1. The van der Waals surface area contributed by atoms with Crippen LogP contribution in [-0.4, -0.2) is 46.1 Å². The number of amides is 1. The van der Waals surface area contributed by atoms with Crippen molar-refractivity contribution in [1.29, 1.82) is 0 Å². The van der Waals surface area contributed by atoms with Crippen molar-refractivity contribution in [2.75, 3.05) is 5.75 Å². The van der Waals surface area contributed by atoms with Gasteiger partial charge in [0.25, 0.3) is 0 Å². The smallest absolute Gasteiger partial charge is 0.328 e. The summed E-state index contributed by atoms with van der Waals surface area (Å²) in [5.41, 5.74) is 2.51. The molecule has 0 aliphatic rings. The van der Waals surface area contributed by atoms with E-state index in [0.29, 0.717) is 39.6 Å². The molecule has 2 aromatic carbocycles. The van der Waals surface area contributed by atoms with Crippen LogP contribution >= 0.6 is 0 Å². The fourth-order valence-corrected chi connectivity index (χ4v) is 4.22. The van der Waals surface area contributed by atoms with Crippen molar-refractivity contribution in [1.82, 2.24) is 20.3 Å². The fourth-order valence-electron chi connectivity index (χ4n) is 3.34. The van der Waals surface area contributed by atoms with Crippen molar-refractivity contribution < 1.29 is 27.9 Å². The molecule has 11 heteroatoms. The number of ether oxygens (including phenoxy) is 1. The van der Waals surface area contributed by atoms with Crippen molar-refractivity contribution in [2.24, 2.45) is 0 Å². The third-order valence-corrected chi connectivity index (χ3v) is 6.94. The molecular formula is C25H22N4O6S. The van der Waals surface area contributed by atoms with E-state index in [9.17, 15) is 18.0 Å². The van der Waals surface area contributed by atoms with Crippen LogP contribution in [0.3, 0.4) is 0 Å². The topological polar surface area (TPSA) is 151 Å². The van der Waals surface area contributed by atoms with Gasteiger partial charge >= 0.3 is 5.97 Å². The molecule has 0 saturated heterocycles. The Balaban J connectivity index is 1.67. The maximum Gasteiger partial charge on any atom is 0.328 e. The summed E-state index contributed by atoms with van der Waals surface area (Å²) in [7, 11) is -3.35. The number of sulfone groups is 1. The lowest BCUT2D eigenvalue weighted by atomic mass is 10.1. The highest BCUT2D eigenvalue weighted by Gasteiger charge is 2.15. The average Bonchev–Trinajstić information content (AvgIpc) is 3.30. The Morgan fingerprint density at radius 2 is 1.89 bits per heavy atom. The second-order valence-corrected chi connectivity index (χ2v) is 9.92. The lowest BCUT2D eigenvalue weighted by Crippen LogP contribution is -2.21. The Morgan fingerprint density at radius 3 is 2.56 bits per heavy atom. The number of aliphatic carboxylic acids is 1. The van der Waals surface area contributed by atoms with E-state index in [1.165, 1.54) is 12.1 Å². The number of carboxylic acids is 1. The van der Waals surface area contributed by atoms with Crippen LogP contribution in [0, 0.1) is 0 Å². The van der Waals surface area contributed by atoms with Crippen molar-refractivity contribution >= 4 is 32.7 Å². The largest absolute Gasteiger partial charge is 0.478 e. The first kappa shape index (κ1) is 24.6. The second kappa shape index (κ2) is 10.4. The van der Waals surface area contributed by atoms with Crippen LogP contribution in [0.1, 0.15) is 12.5 Å². The van der Waals surface area contributed by atoms with E-state index in [1.54, 1.807) is 43.5 Å². The van der Waals surface area contributed by atoms with E-state index >= 15 is 0 Å². The third kappa shape index (κ3) is 5.76. The summed E-state index contributed by atoms with van der Waals surface area (Å²) in [4.78, 5) is 35.0. The summed E-state index contributed by atoms with van der Waals surface area (Å²) in [5.74, 6) is -0.503. The minimum absolute atomic E-state index is 0.0121. The number of benzene rings is 2. The number of hydrogen-bond acceptors (Lipinski definition) is 7. The SMILES string of the molecule is CCS(=O)(=O)c1ccc(Oc2cc3nc(-c4ccccn4)[nH]c3cc2CNC(=O)/C=C\C(=O)O)cc1. The second-order valence-electron chi connectivity index (χ2n) is 7.64. The minimum Gasteiger partial charge on any atom is -0.478 e. The molecule has 2 aromatic heterocycles. The number of nitrogens with zero attached hydrogens (tertiary/aromatic N) is 2. The Kier molecular flexibility index (Phi) is 7.11. The minimum atomic E-state index is -3.35. The molecule has 0 saturated carbocycles. The summed E-state index contributed by atoms with van der Waals surface area (Å²) < 4.78 is 30.2. The van der Waals surface area contributed by atoms with Gasteiger partial charge < -0.3 is 20.1 Å². The predicted molar refractivity (Wildman–Crippen MR) is 132 cm³/mol. The first-order chi connectivity index (χ1) is 17.2. The van der Waals surface area contributed by atoms with Crippen LogP contribution in [0.2, 0.25) is 0 Å². The molecule has 1 amide bonds. The molecule has 0 spiro atoms. The monoisotopic (exact) mass is 506 g/mol. The zero-order chi connectivity index (χ0) is 25.7.